The van der Waals surface area contributed by atoms with Gasteiger partial charge < -0.3 is 19.7 Å². The number of methoxy groups -OCH3 is 2. The molecule has 1 heterocycles. The monoisotopic (exact) mass is 454 g/mol. The molecule has 1 aliphatic heterocycles. The van der Waals surface area contributed by atoms with Crippen LogP contribution in [0.2, 0.25) is 0 Å². The van der Waals surface area contributed by atoms with Gasteiger partial charge in [-0.2, -0.15) is 0 Å². The Morgan fingerprint density at radius 1 is 0.939 bits per heavy atom. The molecule has 2 aromatic carbocycles. The normalized spacial score (nSPS) is 14.8. The third-order valence-corrected chi connectivity index (χ3v) is 5.53. The summed E-state index contributed by atoms with van der Waals surface area (Å²) in [6.07, 6.45) is 0. The van der Waals surface area contributed by atoms with E-state index in [0.29, 0.717) is 49.8 Å². The van der Waals surface area contributed by atoms with E-state index in [4.69, 9.17) is 9.47 Å². The molecular weight excluding hydrogens is 424 g/mol. The molecule has 1 aliphatic rings. The van der Waals surface area contributed by atoms with Crippen LogP contribution in [0.25, 0.3) is 0 Å². The number of nitrogens with one attached hydrogen (secondary N) is 2. The van der Waals surface area contributed by atoms with Crippen molar-refractivity contribution >= 4 is 17.8 Å². The first-order valence-electron chi connectivity index (χ1n) is 10.9. The molecule has 2 N–H and O–H groups in total. The minimum absolute atomic E-state index is 0.112. The Labute approximate surface area is 193 Å². The number of benzene rings is 2. The van der Waals surface area contributed by atoms with Gasteiger partial charge in [-0.25, -0.2) is 4.79 Å². The Morgan fingerprint density at radius 2 is 1.61 bits per heavy atom. The molecule has 1 atom stereocenters. The Bertz CT molecular complexity index is 974. The van der Waals surface area contributed by atoms with Crippen LogP contribution < -0.4 is 20.1 Å². The second kappa shape index (κ2) is 11.3. The molecule has 9 heteroatoms. The van der Waals surface area contributed by atoms with Gasteiger partial charge in [0, 0.05) is 38.3 Å². The highest BCUT2D eigenvalue weighted by Gasteiger charge is 2.32. The van der Waals surface area contributed by atoms with Crippen molar-refractivity contribution in [3.8, 4) is 11.5 Å². The quantitative estimate of drug-likeness (QED) is 0.664. The lowest BCUT2D eigenvalue weighted by Crippen LogP contribution is -2.53. The van der Waals surface area contributed by atoms with E-state index < -0.39 is 18.0 Å². The van der Waals surface area contributed by atoms with Gasteiger partial charge in [0.2, 0.25) is 5.91 Å². The molecule has 0 aromatic heterocycles. The number of ether oxygens (including phenoxy) is 2. The van der Waals surface area contributed by atoms with Gasteiger partial charge in [0.1, 0.15) is 6.04 Å². The third kappa shape index (κ3) is 5.81. The molecular formula is C24H30N4O5. The predicted octanol–water partition coefficient (Wildman–Crippen LogP) is 2.05. The van der Waals surface area contributed by atoms with Crippen molar-refractivity contribution in [1.82, 2.24) is 20.4 Å². The highest BCUT2D eigenvalue weighted by Crippen LogP contribution is 2.29. The highest BCUT2D eigenvalue weighted by molar-refractivity contribution is 5.97. The van der Waals surface area contributed by atoms with Crippen LogP contribution in [0.5, 0.6) is 11.5 Å². The maximum Gasteiger partial charge on any atom is 0.321 e. The largest absolute Gasteiger partial charge is 0.493 e. The van der Waals surface area contributed by atoms with E-state index in [9.17, 15) is 14.4 Å². The molecule has 0 aliphatic carbocycles. The fourth-order valence-electron chi connectivity index (χ4n) is 3.88. The Morgan fingerprint density at radius 3 is 2.21 bits per heavy atom. The Balaban J connectivity index is 1.71. The Hall–Kier alpha value is -3.59. The van der Waals surface area contributed by atoms with Crippen molar-refractivity contribution in [3.05, 3.63) is 59.7 Å². The molecule has 4 amide bonds. The Kier molecular flexibility index (Phi) is 8.26. The lowest BCUT2D eigenvalue weighted by molar-refractivity contribution is -0.126. The van der Waals surface area contributed by atoms with E-state index in [0.717, 1.165) is 5.56 Å². The zero-order chi connectivity index (χ0) is 23.8. The zero-order valence-corrected chi connectivity index (χ0v) is 19.2. The number of hydrogen-bond acceptors (Lipinski definition) is 6. The molecule has 176 valence electrons. The molecule has 0 saturated carbocycles. The van der Waals surface area contributed by atoms with Gasteiger partial charge in [0.05, 0.1) is 14.2 Å². The summed E-state index contributed by atoms with van der Waals surface area (Å²) in [6, 6.07) is 13.3. The second-order valence-corrected chi connectivity index (χ2v) is 7.56. The molecule has 0 radical (unpaired) electrons. The van der Waals surface area contributed by atoms with Crippen LogP contribution in [0.3, 0.4) is 0 Å². The van der Waals surface area contributed by atoms with E-state index in [-0.39, 0.29) is 5.91 Å². The zero-order valence-electron chi connectivity index (χ0n) is 19.2. The summed E-state index contributed by atoms with van der Waals surface area (Å²) in [5.74, 6) is 0.543. The lowest BCUT2D eigenvalue weighted by Gasteiger charge is -2.38. The van der Waals surface area contributed by atoms with Gasteiger partial charge in [0.15, 0.2) is 11.5 Å². The summed E-state index contributed by atoms with van der Waals surface area (Å²) in [7, 11) is 3.07. The number of carbonyl (C=O) groups excluding carboxylic acids is 3. The van der Waals surface area contributed by atoms with E-state index in [1.165, 1.54) is 7.11 Å². The molecule has 0 bridgehead atoms. The number of amides is 4. The van der Waals surface area contributed by atoms with Crippen molar-refractivity contribution in [1.29, 1.82) is 0 Å². The third-order valence-electron chi connectivity index (χ3n) is 5.53. The summed E-state index contributed by atoms with van der Waals surface area (Å²) >= 11 is 0. The summed E-state index contributed by atoms with van der Waals surface area (Å²) < 4.78 is 10.5. The number of nitrogens with zero attached hydrogens (tertiary/aromatic N) is 2. The molecule has 1 fully saturated rings. The smallest absolute Gasteiger partial charge is 0.321 e. The van der Waals surface area contributed by atoms with Gasteiger partial charge in [-0.05, 0) is 30.7 Å². The number of hydrogen-bond donors (Lipinski definition) is 2. The van der Waals surface area contributed by atoms with Crippen molar-refractivity contribution in [2.75, 3.05) is 46.9 Å². The van der Waals surface area contributed by atoms with Crippen molar-refractivity contribution in [3.63, 3.8) is 0 Å². The second-order valence-electron chi connectivity index (χ2n) is 7.56. The molecule has 9 nitrogen and oxygen atoms in total. The average molecular weight is 455 g/mol. The first-order chi connectivity index (χ1) is 16.0. The predicted molar refractivity (Wildman–Crippen MR) is 123 cm³/mol. The van der Waals surface area contributed by atoms with E-state index in [1.54, 1.807) is 37.1 Å². The van der Waals surface area contributed by atoms with Crippen LogP contribution in [0.15, 0.2) is 48.5 Å². The summed E-state index contributed by atoms with van der Waals surface area (Å²) in [4.78, 5) is 41.7. The van der Waals surface area contributed by atoms with Crippen LogP contribution in [0, 0.1) is 0 Å². The molecule has 1 saturated heterocycles. The van der Waals surface area contributed by atoms with Crippen LogP contribution in [0.4, 0.5) is 4.79 Å². The topological polar surface area (TPSA) is 100 Å². The first-order valence-corrected chi connectivity index (χ1v) is 10.9. The standard InChI is InChI=1S/C24H30N4O5/c1-4-25-24(31)26-22(29)21(17-8-6-5-7-9-17)27-12-14-28(15-13-27)23(30)18-10-11-19(32-2)20(16-18)33-3/h5-11,16,21H,4,12-15H2,1-3H3,(H2,25,26,29,31). The van der Waals surface area contributed by atoms with Crippen LogP contribution in [-0.2, 0) is 4.79 Å². The SMILES string of the molecule is CCNC(=O)NC(=O)C(c1ccccc1)N1CCN(C(=O)c2ccc(OC)c(OC)c2)CC1. The van der Waals surface area contributed by atoms with Gasteiger partial charge in [-0.1, -0.05) is 30.3 Å². The molecule has 0 spiro atoms. The summed E-state index contributed by atoms with van der Waals surface area (Å²) in [5.41, 5.74) is 1.30. The number of urea groups is 1. The fourth-order valence-corrected chi connectivity index (χ4v) is 3.88. The van der Waals surface area contributed by atoms with Crippen molar-refractivity contribution < 1.29 is 23.9 Å². The van der Waals surface area contributed by atoms with E-state index in [1.807, 2.05) is 35.2 Å². The van der Waals surface area contributed by atoms with Crippen LogP contribution in [-0.4, -0.2) is 74.6 Å². The number of carbonyl (C=O) groups is 3. The van der Waals surface area contributed by atoms with Crippen molar-refractivity contribution in [2.24, 2.45) is 0 Å². The summed E-state index contributed by atoms with van der Waals surface area (Å²) in [6.45, 7) is 4.08. The lowest BCUT2D eigenvalue weighted by atomic mass is 10.0. The van der Waals surface area contributed by atoms with Gasteiger partial charge in [-0.15, -0.1) is 0 Å². The van der Waals surface area contributed by atoms with E-state index >= 15 is 0 Å². The minimum atomic E-state index is -0.632. The van der Waals surface area contributed by atoms with Crippen LogP contribution >= 0.6 is 0 Å². The first kappa shape index (κ1) is 24.1. The number of piperazine rings is 1. The minimum Gasteiger partial charge on any atom is -0.493 e. The van der Waals surface area contributed by atoms with Crippen LogP contribution in [0.1, 0.15) is 28.9 Å². The molecule has 1 unspecified atom stereocenters. The highest BCUT2D eigenvalue weighted by atomic mass is 16.5. The van der Waals surface area contributed by atoms with E-state index in [2.05, 4.69) is 10.6 Å². The molecule has 3 rings (SSSR count). The maximum absolute atomic E-state index is 13.0. The number of imide groups is 1. The molecule has 2 aromatic rings. The maximum atomic E-state index is 13.0. The van der Waals surface area contributed by atoms with Gasteiger partial charge >= 0.3 is 6.03 Å². The number of rotatable bonds is 7. The van der Waals surface area contributed by atoms with Crippen molar-refractivity contribution in [2.45, 2.75) is 13.0 Å². The van der Waals surface area contributed by atoms with Gasteiger partial charge in [-0.3, -0.25) is 19.8 Å². The molecule has 33 heavy (non-hydrogen) atoms. The van der Waals surface area contributed by atoms with Gasteiger partial charge in [0.25, 0.3) is 5.91 Å². The average Bonchev–Trinajstić information content (AvgIpc) is 2.84. The summed E-state index contributed by atoms with van der Waals surface area (Å²) in [5, 5.41) is 5.00. The fraction of sp³-hybridized carbons (Fsp3) is 0.375.